The molecular weight excluding hydrogens is 376 g/mol. The molecule has 7 nitrogen and oxygen atoms in total. The first-order valence-corrected chi connectivity index (χ1v) is 12.6. The fourth-order valence-electron chi connectivity index (χ4n) is 3.61. The van der Waals surface area contributed by atoms with Gasteiger partial charge in [0.1, 0.15) is 0 Å². The smallest absolute Gasteiger partial charge is 0.0583 e. The summed E-state index contributed by atoms with van der Waals surface area (Å²) in [6.07, 6.45) is 12.5. The molecule has 0 aliphatic rings. The fraction of sp³-hybridized carbons (Fsp3) is 1.00. The molecule has 0 amide bonds. The SMILES string of the molecule is CCCC(NCC(CCCCCCO)CNC(CCC)NC(N)CC)NC(N)CC. The van der Waals surface area contributed by atoms with Crippen LogP contribution < -0.4 is 32.7 Å². The van der Waals surface area contributed by atoms with Gasteiger partial charge in [0.15, 0.2) is 0 Å². The maximum absolute atomic E-state index is 9.00. The minimum Gasteiger partial charge on any atom is -0.396 e. The molecule has 9 N–H and O–H groups in total. The van der Waals surface area contributed by atoms with E-state index < -0.39 is 0 Å². The fourth-order valence-corrected chi connectivity index (χ4v) is 3.61. The summed E-state index contributed by atoms with van der Waals surface area (Å²) in [4.78, 5) is 0. The van der Waals surface area contributed by atoms with E-state index in [1.54, 1.807) is 0 Å². The molecule has 0 aromatic rings. The highest BCUT2D eigenvalue weighted by Crippen LogP contribution is 2.11. The van der Waals surface area contributed by atoms with Crippen LogP contribution in [0.4, 0.5) is 0 Å². The van der Waals surface area contributed by atoms with Gasteiger partial charge < -0.3 is 27.2 Å². The van der Waals surface area contributed by atoms with Crippen LogP contribution in [0.25, 0.3) is 0 Å². The molecule has 0 aromatic heterocycles. The van der Waals surface area contributed by atoms with Crippen molar-refractivity contribution < 1.29 is 5.11 Å². The van der Waals surface area contributed by atoms with E-state index in [-0.39, 0.29) is 24.7 Å². The summed E-state index contributed by atoms with van der Waals surface area (Å²) in [5.74, 6) is 0.553. The molecule has 0 spiro atoms. The molecule has 7 heteroatoms. The lowest BCUT2D eigenvalue weighted by atomic mass is 9.99. The molecule has 0 radical (unpaired) electrons. The van der Waals surface area contributed by atoms with Crippen molar-refractivity contribution in [1.82, 2.24) is 21.3 Å². The van der Waals surface area contributed by atoms with E-state index in [0.29, 0.717) is 12.5 Å². The molecule has 0 saturated heterocycles. The third-order valence-electron chi connectivity index (χ3n) is 5.69. The number of rotatable bonds is 22. The number of unbranched alkanes of at least 4 members (excludes halogenated alkanes) is 3. The van der Waals surface area contributed by atoms with E-state index in [1.165, 1.54) is 19.3 Å². The molecule has 30 heavy (non-hydrogen) atoms. The van der Waals surface area contributed by atoms with Gasteiger partial charge in [-0.05, 0) is 44.4 Å². The topological polar surface area (TPSA) is 120 Å². The summed E-state index contributed by atoms with van der Waals surface area (Å²) >= 11 is 0. The Hall–Kier alpha value is -0.280. The van der Waals surface area contributed by atoms with Crippen LogP contribution in [0.5, 0.6) is 0 Å². The normalized spacial score (nSPS) is 16.9. The van der Waals surface area contributed by atoms with Gasteiger partial charge in [0.25, 0.3) is 0 Å². The first kappa shape index (κ1) is 29.7. The van der Waals surface area contributed by atoms with E-state index >= 15 is 0 Å². The lowest BCUT2D eigenvalue weighted by molar-refractivity contribution is 0.275. The molecule has 4 atom stereocenters. The van der Waals surface area contributed by atoms with Crippen molar-refractivity contribution in [3.05, 3.63) is 0 Å². The Bertz CT molecular complexity index is 335. The van der Waals surface area contributed by atoms with Gasteiger partial charge >= 0.3 is 0 Å². The van der Waals surface area contributed by atoms with E-state index in [4.69, 9.17) is 16.6 Å². The van der Waals surface area contributed by atoms with Gasteiger partial charge in [-0.3, -0.25) is 10.6 Å². The number of aliphatic hydroxyl groups is 1. The van der Waals surface area contributed by atoms with Gasteiger partial charge in [-0.25, -0.2) is 0 Å². The average Bonchev–Trinajstić information content (AvgIpc) is 2.74. The first-order valence-electron chi connectivity index (χ1n) is 12.6. The Morgan fingerprint density at radius 1 is 0.667 bits per heavy atom. The molecule has 0 aromatic carbocycles. The van der Waals surface area contributed by atoms with Crippen LogP contribution in [-0.4, -0.2) is 49.5 Å². The van der Waals surface area contributed by atoms with Crippen molar-refractivity contribution in [2.75, 3.05) is 19.7 Å². The molecule has 0 fully saturated rings. The molecule has 0 heterocycles. The average molecular weight is 431 g/mol. The minimum absolute atomic E-state index is 0.0396. The first-order chi connectivity index (χ1) is 14.5. The zero-order valence-electron chi connectivity index (χ0n) is 20.4. The van der Waals surface area contributed by atoms with Crippen LogP contribution in [0, 0.1) is 5.92 Å². The molecule has 182 valence electrons. The van der Waals surface area contributed by atoms with Crippen molar-refractivity contribution >= 4 is 0 Å². The highest BCUT2D eigenvalue weighted by Gasteiger charge is 2.16. The second kappa shape index (κ2) is 20.6. The Morgan fingerprint density at radius 2 is 1.13 bits per heavy atom. The third kappa shape index (κ3) is 16.4. The predicted molar refractivity (Wildman–Crippen MR) is 130 cm³/mol. The van der Waals surface area contributed by atoms with Crippen LogP contribution in [-0.2, 0) is 0 Å². The maximum atomic E-state index is 9.00. The largest absolute Gasteiger partial charge is 0.396 e. The standard InChI is InChI=1S/C23H54N6O/c1-5-13-22(28-20(24)7-3)26-17-19(15-11-9-10-12-16-30)18-27-23(14-6-2)29-21(25)8-4/h19-23,26-30H,5-18,24-25H2,1-4H3. The summed E-state index contributed by atoms with van der Waals surface area (Å²) in [6.45, 7) is 10.9. The van der Waals surface area contributed by atoms with Crippen molar-refractivity contribution in [2.45, 2.75) is 123 Å². The zero-order valence-corrected chi connectivity index (χ0v) is 20.4. The third-order valence-corrected chi connectivity index (χ3v) is 5.69. The predicted octanol–water partition coefficient (Wildman–Crippen LogP) is 2.55. The Balaban J connectivity index is 4.72. The summed E-state index contributed by atoms with van der Waals surface area (Å²) in [5, 5.41) is 23.5. The number of nitrogens with one attached hydrogen (secondary N) is 4. The molecule has 0 rings (SSSR count). The van der Waals surface area contributed by atoms with Crippen LogP contribution in [0.15, 0.2) is 0 Å². The van der Waals surface area contributed by atoms with E-state index in [9.17, 15) is 0 Å². The number of aliphatic hydroxyl groups excluding tert-OH is 1. The highest BCUT2D eigenvalue weighted by atomic mass is 16.2. The highest BCUT2D eigenvalue weighted by molar-refractivity contribution is 4.75. The Morgan fingerprint density at radius 3 is 1.53 bits per heavy atom. The van der Waals surface area contributed by atoms with Crippen LogP contribution >= 0.6 is 0 Å². The van der Waals surface area contributed by atoms with Crippen molar-refractivity contribution in [3.8, 4) is 0 Å². The number of nitrogens with two attached hydrogens (primary N) is 2. The minimum atomic E-state index is 0.0396. The summed E-state index contributed by atoms with van der Waals surface area (Å²) in [7, 11) is 0. The number of hydrogen-bond donors (Lipinski definition) is 7. The van der Waals surface area contributed by atoms with E-state index in [0.717, 1.165) is 64.5 Å². The zero-order chi connectivity index (χ0) is 22.6. The van der Waals surface area contributed by atoms with Gasteiger partial charge in [-0.2, -0.15) is 0 Å². The Kier molecular flexibility index (Phi) is 20.4. The molecular formula is C23H54N6O. The maximum Gasteiger partial charge on any atom is 0.0583 e. The quantitative estimate of drug-likeness (QED) is 0.104. The van der Waals surface area contributed by atoms with Crippen molar-refractivity contribution in [3.63, 3.8) is 0 Å². The van der Waals surface area contributed by atoms with Gasteiger partial charge in [-0.1, -0.05) is 59.8 Å². The molecule has 4 unspecified atom stereocenters. The molecule has 0 saturated carbocycles. The van der Waals surface area contributed by atoms with Crippen molar-refractivity contribution in [2.24, 2.45) is 17.4 Å². The second-order valence-electron chi connectivity index (χ2n) is 8.65. The van der Waals surface area contributed by atoms with Gasteiger partial charge in [-0.15, -0.1) is 0 Å². The van der Waals surface area contributed by atoms with Crippen LogP contribution in [0.2, 0.25) is 0 Å². The summed E-state index contributed by atoms with van der Waals surface area (Å²) in [5.41, 5.74) is 12.2. The van der Waals surface area contributed by atoms with Gasteiger partial charge in [0, 0.05) is 19.7 Å². The van der Waals surface area contributed by atoms with E-state index in [1.807, 2.05) is 0 Å². The lowest BCUT2D eigenvalue weighted by Gasteiger charge is -2.29. The molecule has 0 aliphatic carbocycles. The van der Waals surface area contributed by atoms with Crippen LogP contribution in [0.1, 0.15) is 98.3 Å². The van der Waals surface area contributed by atoms with Crippen LogP contribution in [0.3, 0.4) is 0 Å². The second-order valence-corrected chi connectivity index (χ2v) is 8.65. The lowest BCUT2D eigenvalue weighted by Crippen LogP contribution is -2.54. The summed E-state index contributed by atoms with van der Waals surface area (Å²) < 4.78 is 0. The van der Waals surface area contributed by atoms with Gasteiger partial charge in [0.05, 0.1) is 24.7 Å². The van der Waals surface area contributed by atoms with E-state index in [2.05, 4.69) is 49.0 Å². The summed E-state index contributed by atoms with van der Waals surface area (Å²) in [6, 6.07) is 0. The monoisotopic (exact) mass is 430 g/mol. The van der Waals surface area contributed by atoms with Crippen molar-refractivity contribution in [1.29, 1.82) is 0 Å². The Labute approximate surface area is 186 Å². The molecule has 0 bridgehead atoms. The molecule has 0 aliphatic heterocycles. The van der Waals surface area contributed by atoms with Gasteiger partial charge in [0.2, 0.25) is 0 Å². The number of hydrogen-bond acceptors (Lipinski definition) is 7.